The van der Waals surface area contributed by atoms with E-state index in [0.29, 0.717) is 13.2 Å². The van der Waals surface area contributed by atoms with Crippen LogP contribution in [0.4, 0.5) is 0 Å². The Morgan fingerprint density at radius 1 is 1.25 bits per heavy atom. The summed E-state index contributed by atoms with van der Waals surface area (Å²) in [5, 5.41) is 16.0. The van der Waals surface area contributed by atoms with Gasteiger partial charge in [-0.1, -0.05) is 0 Å². The Hall–Kier alpha value is -0.200. The van der Waals surface area contributed by atoms with Crippen LogP contribution in [-0.4, -0.2) is 63.8 Å². The lowest BCUT2D eigenvalue weighted by molar-refractivity contribution is 0.0300. The molecule has 0 spiro atoms. The summed E-state index contributed by atoms with van der Waals surface area (Å²) in [4.78, 5) is 0. The summed E-state index contributed by atoms with van der Waals surface area (Å²) in [6.07, 6.45) is -0.377. The molecule has 0 aromatic heterocycles. The molecule has 0 rings (SSSR count). The minimum absolute atomic E-state index is 0.00907. The minimum atomic E-state index is -0.423. The molecule has 0 aromatic rings. The highest BCUT2D eigenvalue weighted by Gasteiger charge is 2.22. The fourth-order valence-electron chi connectivity index (χ4n) is 1.50. The maximum Gasteiger partial charge on any atom is 0.0814 e. The van der Waals surface area contributed by atoms with Crippen LogP contribution in [0.15, 0.2) is 0 Å². The molecule has 5 heteroatoms. The van der Waals surface area contributed by atoms with Crippen LogP contribution < -0.4 is 10.6 Å². The van der Waals surface area contributed by atoms with Crippen molar-refractivity contribution >= 4 is 0 Å². The normalized spacial score (nSPS) is 19.1. The molecule has 0 saturated carbocycles. The zero-order chi connectivity index (χ0) is 12.6. The first kappa shape index (κ1) is 15.8. The van der Waals surface area contributed by atoms with Crippen LogP contribution in [0.2, 0.25) is 0 Å². The molecule has 0 radical (unpaired) electrons. The zero-order valence-corrected chi connectivity index (χ0v) is 11.0. The molecule has 0 heterocycles. The van der Waals surface area contributed by atoms with Crippen molar-refractivity contribution in [3.05, 3.63) is 0 Å². The molecule has 5 nitrogen and oxygen atoms in total. The van der Waals surface area contributed by atoms with Crippen LogP contribution in [0.5, 0.6) is 0 Å². The Kier molecular flexibility index (Phi) is 8.78. The van der Waals surface area contributed by atoms with Gasteiger partial charge >= 0.3 is 0 Å². The van der Waals surface area contributed by atoms with E-state index in [2.05, 4.69) is 10.6 Å². The Balaban J connectivity index is 4.15. The summed E-state index contributed by atoms with van der Waals surface area (Å²) < 4.78 is 10.4. The van der Waals surface area contributed by atoms with Gasteiger partial charge in [-0.15, -0.1) is 0 Å². The smallest absolute Gasteiger partial charge is 0.0814 e. The molecule has 0 bridgehead atoms. The highest BCUT2D eigenvalue weighted by molar-refractivity contribution is 4.81. The van der Waals surface area contributed by atoms with Crippen molar-refractivity contribution < 1.29 is 14.6 Å². The van der Waals surface area contributed by atoms with Crippen LogP contribution in [0.1, 0.15) is 13.8 Å². The van der Waals surface area contributed by atoms with Crippen molar-refractivity contribution in [2.75, 3.05) is 34.4 Å². The molecule has 0 fully saturated rings. The summed E-state index contributed by atoms with van der Waals surface area (Å²) in [7, 11) is 5.15. The average Bonchev–Trinajstić information content (AvgIpc) is 2.27. The van der Waals surface area contributed by atoms with Gasteiger partial charge in [-0.25, -0.2) is 0 Å². The quantitative estimate of drug-likeness (QED) is 0.506. The van der Waals surface area contributed by atoms with Crippen molar-refractivity contribution in [1.29, 1.82) is 0 Å². The molecule has 3 N–H and O–H groups in total. The standard InChI is InChI=1S/C11H26N2O3/c1-8(11(14)6-12-3)13-10(7-15-4)9(2)16-5/h8-14H,6-7H2,1-5H3/t8?,9?,10?,11-/m0/s1. The second kappa shape index (κ2) is 8.90. The van der Waals surface area contributed by atoms with Crippen LogP contribution in [-0.2, 0) is 9.47 Å². The maximum atomic E-state index is 9.78. The highest BCUT2D eigenvalue weighted by atomic mass is 16.5. The van der Waals surface area contributed by atoms with Crippen LogP contribution in [0, 0.1) is 0 Å². The van der Waals surface area contributed by atoms with Crippen LogP contribution in [0.25, 0.3) is 0 Å². The van der Waals surface area contributed by atoms with Gasteiger partial charge in [0, 0.05) is 26.8 Å². The van der Waals surface area contributed by atoms with Gasteiger partial charge in [-0.2, -0.15) is 0 Å². The first-order chi connectivity index (χ1) is 7.56. The van der Waals surface area contributed by atoms with E-state index in [1.54, 1.807) is 14.2 Å². The van der Waals surface area contributed by atoms with Gasteiger partial charge in [0.25, 0.3) is 0 Å². The Morgan fingerprint density at radius 3 is 2.31 bits per heavy atom. The fraction of sp³-hybridized carbons (Fsp3) is 1.00. The Labute approximate surface area is 98.5 Å². The number of aliphatic hydroxyl groups is 1. The van der Waals surface area contributed by atoms with Crippen LogP contribution >= 0.6 is 0 Å². The number of hydrogen-bond acceptors (Lipinski definition) is 5. The summed E-state index contributed by atoms with van der Waals surface area (Å²) in [5.41, 5.74) is 0. The number of likely N-dealkylation sites (N-methyl/N-ethyl adjacent to an activating group) is 1. The number of hydrogen-bond donors (Lipinski definition) is 3. The van der Waals surface area contributed by atoms with Crippen molar-refractivity contribution in [3.63, 3.8) is 0 Å². The molecular formula is C11H26N2O3. The average molecular weight is 234 g/mol. The summed E-state index contributed by atoms with van der Waals surface area (Å²) in [6, 6.07) is 0.0710. The van der Waals surface area contributed by atoms with Gasteiger partial charge in [0.05, 0.1) is 24.9 Å². The third-order valence-electron chi connectivity index (χ3n) is 2.75. The van der Waals surface area contributed by atoms with Crippen molar-refractivity contribution in [3.8, 4) is 0 Å². The van der Waals surface area contributed by atoms with Crippen molar-refractivity contribution in [2.24, 2.45) is 0 Å². The summed E-state index contributed by atoms with van der Waals surface area (Å²) in [6.45, 7) is 5.06. The molecule has 0 saturated heterocycles. The lowest BCUT2D eigenvalue weighted by Crippen LogP contribution is -2.52. The van der Waals surface area contributed by atoms with Gasteiger partial charge in [0.1, 0.15) is 0 Å². The van der Waals surface area contributed by atoms with Gasteiger partial charge in [0.15, 0.2) is 0 Å². The monoisotopic (exact) mass is 234 g/mol. The summed E-state index contributed by atoms with van der Waals surface area (Å²) in [5.74, 6) is 0. The Morgan fingerprint density at radius 2 is 1.88 bits per heavy atom. The van der Waals surface area contributed by atoms with Crippen molar-refractivity contribution in [2.45, 2.75) is 38.1 Å². The molecule has 3 unspecified atom stereocenters. The fourth-order valence-corrected chi connectivity index (χ4v) is 1.50. The minimum Gasteiger partial charge on any atom is -0.390 e. The molecule has 0 aliphatic carbocycles. The van der Waals surface area contributed by atoms with E-state index >= 15 is 0 Å². The second-order valence-electron chi connectivity index (χ2n) is 4.08. The number of rotatable bonds is 9. The first-order valence-electron chi connectivity index (χ1n) is 5.67. The third kappa shape index (κ3) is 5.77. The molecule has 98 valence electrons. The van der Waals surface area contributed by atoms with E-state index in [9.17, 15) is 5.11 Å². The van der Waals surface area contributed by atoms with Gasteiger partial charge in [-0.3, -0.25) is 0 Å². The number of ether oxygens (including phenoxy) is 2. The molecule has 16 heavy (non-hydrogen) atoms. The van der Waals surface area contributed by atoms with Gasteiger partial charge in [0.2, 0.25) is 0 Å². The van der Waals surface area contributed by atoms with E-state index in [4.69, 9.17) is 9.47 Å². The maximum absolute atomic E-state index is 9.78. The molecule has 4 atom stereocenters. The van der Waals surface area contributed by atoms with E-state index in [1.165, 1.54) is 0 Å². The van der Waals surface area contributed by atoms with E-state index in [0.717, 1.165) is 0 Å². The zero-order valence-electron chi connectivity index (χ0n) is 11.0. The third-order valence-corrected chi connectivity index (χ3v) is 2.75. The molecule has 0 aromatic carbocycles. The number of methoxy groups -OCH3 is 2. The summed E-state index contributed by atoms with van der Waals surface area (Å²) >= 11 is 0. The Bertz CT molecular complexity index is 169. The first-order valence-corrected chi connectivity index (χ1v) is 5.67. The van der Waals surface area contributed by atoms with Crippen LogP contribution in [0.3, 0.4) is 0 Å². The van der Waals surface area contributed by atoms with Crippen molar-refractivity contribution in [1.82, 2.24) is 10.6 Å². The topological polar surface area (TPSA) is 62.8 Å². The molecular weight excluding hydrogens is 208 g/mol. The lowest BCUT2D eigenvalue weighted by atomic mass is 10.1. The molecule has 0 aliphatic heterocycles. The largest absolute Gasteiger partial charge is 0.390 e. The number of nitrogens with one attached hydrogen (secondary N) is 2. The predicted molar refractivity (Wildman–Crippen MR) is 64.7 cm³/mol. The highest BCUT2D eigenvalue weighted by Crippen LogP contribution is 2.02. The van der Waals surface area contributed by atoms with E-state index in [-0.39, 0.29) is 18.2 Å². The van der Waals surface area contributed by atoms with E-state index in [1.807, 2.05) is 20.9 Å². The number of aliphatic hydroxyl groups excluding tert-OH is 1. The van der Waals surface area contributed by atoms with Gasteiger partial charge < -0.3 is 25.2 Å². The molecule has 0 aliphatic rings. The predicted octanol–water partition coefficient (Wildman–Crippen LogP) is -0.405. The lowest BCUT2D eigenvalue weighted by Gasteiger charge is -2.29. The second-order valence-corrected chi connectivity index (χ2v) is 4.08. The van der Waals surface area contributed by atoms with E-state index < -0.39 is 6.10 Å². The van der Waals surface area contributed by atoms with Gasteiger partial charge in [-0.05, 0) is 20.9 Å². The molecule has 0 amide bonds. The SMILES string of the molecule is CNC[C@H](O)C(C)NC(COC)C(C)OC.